The predicted molar refractivity (Wildman–Crippen MR) is 67.1 cm³/mol. The molecule has 0 fully saturated rings. The summed E-state index contributed by atoms with van der Waals surface area (Å²) in [6.07, 6.45) is 3.28. The third-order valence-corrected chi connectivity index (χ3v) is 2.74. The molecule has 1 aromatic rings. The Morgan fingerprint density at radius 3 is 2.94 bits per heavy atom. The number of thioether (sulfide) groups is 1. The molecule has 88 valence electrons. The first-order valence-electron chi connectivity index (χ1n) is 4.97. The Balaban J connectivity index is 2.49. The fourth-order valence-electron chi connectivity index (χ4n) is 1.24. The second-order valence-corrected chi connectivity index (χ2v) is 4.36. The number of nitrogen functional groups attached to an aromatic ring is 1. The van der Waals surface area contributed by atoms with Gasteiger partial charge in [-0.15, -0.1) is 0 Å². The number of hydrogen-bond donors (Lipinski definition) is 2. The first kappa shape index (κ1) is 12.8. The number of nitrogens with two attached hydrogens (primary N) is 1. The monoisotopic (exact) mass is 242 g/mol. The van der Waals surface area contributed by atoms with Crippen LogP contribution in [0.5, 0.6) is 0 Å². The summed E-state index contributed by atoms with van der Waals surface area (Å²) in [4.78, 5) is 11.5. The van der Waals surface area contributed by atoms with Crippen molar-refractivity contribution >= 4 is 29.0 Å². The highest BCUT2D eigenvalue weighted by Crippen LogP contribution is 2.19. The molecular formula is C11H15FN2OS. The van der Waals surface area contributed by atoms with Crippen LogP contribution in [-0.4, -0.2) is 17.9 Å². The Labute approximate surface area is 98.6 Å². The molecule has 0 aromatic heterocycles. The summed E-state index contributed by atoms with van der Waals surface area (Å²) in [6.45, 7) is 0. The molecule has 0 aliphatic heterocycles. The number of amides is 1. The lowest BCUT2D eigenvalue weighted by Crippen LogP contribution is -2.12. The third-order valence-electron chi connectivity index (χ3n) is 2.04. The highest BCUT2D eigenvalue weighted by atomic mass is 32.2. The summed E-state index contributed by atoms with van der Waals surface area (Å²) >= 11 is 1.70. The lowest BCUT2D eigenvalue weighted by molar-refractivity contribution is -0.116. The Morgan fingerprint density at radius 2 is 2.31 bits per heavy atom. The molecule has 3 nitrogen and oxygen atoms in total. The lowest BCUT2D eigenvalue weighted by Gasteiger charge is -2.07. The Hall–Kier alpha value is -1.23. The van der Waals surface area contributed by atoms with Gasteiger partial charge in [-0.25, -0.2) is 4.39 Å². The molecule has 0 unspecified atom stereocenters. The first-order valence-corrected chi connectivity index (χ1v) is 6.36. The minimum Gasteiger partial charge on any atom is -0.397 e. The molecule has 0 bridgehead atoms. The van der Waals surface area contributed by atoms with Crippen molar-refractivity contribution in [3.05, 3.63) is 24.0 Å². The maximum absolute atomic E-state index is 12.7. The summed E-state index contributed by atoms with van der Waals surface area (Å²) in [6, 6.07) is 3.93. The van der Waals surface area contributed by atoms with E-state index in [2.05, 4.69) is 5.32 Å². The van der Waals surface area contributed by atoms with Gasteiger partial charge in [-0.1, -0.05) is 0 Å². The van der Waals surface area contributed by atoms with Gasteiger partial charge in [0.25, 0.3) is 0 Å². The van der Waals surface area contributed by atoms with Gasteiger partial charge >= 0.3 is 0 Å². The van der Waals surface area contributed by atoms with Crippen LogP contribution in [0, 0.1) is 5.82 Å². The molecule has 1 rings (SSSR count). The molecule has 0 aliphatic carbocycles. The molecule has 5 heteroatoms. The van der Waals surface area contributed by atoms with Gasteiger partial charge in [0.05, 0.1) is 11.4 Å². The van der Waals surface area contributed by atoms with Crippen molar-refractivity contribution in [1.29, 1.82) is 0 Å². The second kappa shape index (κ2) is 6.37. The van der Waals surface area contributed by atoms with Crippen LogP contribution >= 0.6 is 11.8 Å². The molecule has 0 heterocycles. The Morgan fingerprint density at radius 1 is 1.56 bits per heavy atom. The zero-order chi connectivity index (χ0) is 12.0. The van der Waals surface area contributed by atoms with E-state index >= 15 is 0 Å². The van der Waals surface area contributed by atoms with Crippen molar-refractivity contribution in [1.82, 2.24) is 0 Å². The van der Waals surface area contributed by atoms with Crippen LogP contribution in [-0.2, 0) is 4.79 Å². The van der Waals surface area contributed by atoms with E-state index in [1.807, 2.05) is 6.26 Å². The van der Waals surface area contributed by atoms with E-state index in [0.29, 0.717) is 12.1 Å². The fraction of sp³-hybridized carbons (Fsp3) is 0.364. The molecule has 0 saturated carbocycles. The van der Waals surface area contributed by atoms with Crippen molar-refractivity contribution in [3.63, 3.8) is 0 Å². The Kier molecular flexibility index (Phi) is 5.11. The van der Waals surface area contributed by atoms with Crippen LogP contribution in [0.1, 0.15) is 12.8 Å². The van der Waals surface area contributed by atoms with Crippen LogP contribution in [0.25, 0.3) is 0 Å². The Bertz CT molecular complexity index is 371. The van der Waals surface area contributed by atoms with Gasteiger partial charge in [-0.3, -0.25) is 4.79 Å². The molecule has 1 amide bonds. The molecule has 0 atom stereocenters. The van der Waals surface area contributed by atoms with Crippen LogP contribution in [0.2, 0.25) is 0 Å². The van der Waals surface area contributed by atoms with Crippen molar-refractivity contribution in [3.8, 4) is 0 Å². The van der Waals surface area contributed by atoms with Gasteiger partial charge < -0.3 is 11.1 Å². The van der Waals surface area contributed by atoms with Gasteiger partial charge in [-0.05, 0) is 36.6 Å². The molecule has 0 aliphatic rings. The van der Waals surface area contributed by atoms with E-state index in [-0.39, 0.29) is 11.6 Å². The normalized spacial score (nSPS) is 10.1. The number of carbonyl (C=O) groups is 1. The number of nitrogens with one attached hydrogen (secondary N) is 1. The number of hydrogen-bond acceptors (Lipinski definition) is 3. The van der Waals surface area contributed by atoms with E-state index < -0.39 is 5.82 Å². The number of halogens is 1. The molecule has 1 aromatic carbocycles. The highest BCUT2D eigenvalue weighted by Gasteiger charge is 2.05. The quantitative estimate of drug-likeness (QED) is 0.616. The zero-order valence-corrected chi connectivity index (χ0v) is 9.94. The van der Waals surface area contributed by atoms with E-state index in [9.17, 15) is 9.18 Å². The summed E-state index contributed by atoms with van der Waals surface area (Å²) in [5.41, 5.74) is 6.28. The maximum atomic E-state index is 12.7. The van der Waals surface area contributed by atoms with E-state index in [4.69, 9.17) is 5.73 Å². The SMILES string of the molecule is CSCCCC(=O)Nc1ccc(F)cc1N. The van der Waals surface area contributed by atoms with E-state index in [1.54, 1.807) is 11.8 Å². The molecule has 0 radical (unpaired) electrons. The van der Waals surface area contributed by atoms with Gasteiger partial charge in [0.15, 0.2) is 0 Å². The van der Waals surface area contributed by atoms with Crippen LogP contribution in [0.4, 0.5) is 15.8 Å². The van der Waals surface area contributed by atoms with Crippen molar-refractivity contribution in [2.24, 2.45) is 0 Å². The van der Waals surface area contributed by atoms with E-state index in [1.165, 1.54) is 18.2 Å². The van der Waals surface area contributed by atoms with Crippen molar-refractivity contribution in [2.45, 2.75) is 12.8 Å². The average molecular weight is 242 g/mol. The standard InChI is InChI=1S/C11H15FN2OS/c1-16-6-2-3-11(15)14-10-5-4-8(12)7-9(10)13/h4-5,7H,2-3,6,13H2,1H3,(H,14,15). The summed E-state index contributed by atoms with van der Waals surface area (Å²) in [7, 11) is 0. The molecular weight excluding hydrogens is 227 g/mol. The fourth-order valence-corrected chi connectivity index (χ4v) is 1.67. The average Bonchev–Trinajstić information content (AvgIpc) is 2.23. The summed E-state index contributed by atoms with van der Waals surface area (Å²) in [5, 5.41) is 2.66. The number of carbonyl (C=O) groups excluding carboxylic acids is 1. The largest absolute Gasteiger partial charge is 0.397 e. The lowest BCUT2D eigenvalue weighted by atomic mass is 10.2. The van der Waals surface area contributed by atoms with Crippen molar-refractivity contribution < 1.29 is 9.18 Å². The minimum atomic E-state index is -0.405. The number of rotatable bonds is 5. The van der Waals surface area contributed by atoms with Gasteiger partial charge in [-0.2, -0.15) is 11.8 Å². The predicted octanol–water partition coefficient (Wildman–Crippen LogP) is 2.49. The van der Waals surface area contributed by atoms with Crippen LogP contribution in [0.3, 0.4) is 0 Å². The summed E-state index contributed by atoms with van der Waals surface area (Å²) in [5.74, 6) is 0.456. The molecule has 3 N–H and O–H groups in total. The second-order valence-electron chi connectivity index (χ2n) is 3.38. The third kappa shape index (κ3) is 4.10. The first-order chi connectivity index (χ1) is 7.63. The topological polar surface area (TPSA) is 55.1 Å². The van der Waals surface area contributed by atoms with Gasteiger partial charge in [0.2, 0.25) is 5.91 Å². The van der Waals surface area contributed by atoms with Gasteiger partial charge in [0.1, 0.15) is 5.82 Å². The van der Waals surface area contributed by atoms with Crippen molar-refractivity contribution in [2.75, 3.05) is 23.1 Å². The molecule has 0 saturated heterocycles. The zero-order valence-electron chi connectivity index (χ0n) is 9.13. The smallest absolute Gasteiger partial charge is 0.224 e. The highest BCUT2D eigenvalue weighted by molar-refractivity contribution is 7.98. The van der Waals surface area contributed by atoms with E-state index in [0.717, 1.165) is 12.2 Å². The maximum Gasteiger partial charge on any atom is 0.224 e. The number of benzene rings is 1. The minimum absolute atomic E-state index is 0.0904. The van der Waals surface area contributed by atoms with Crippen LogP contribution < -0.4 is 11.1 Å². The molecule has 0 spiro atoms. The van der Waals surface area contributed by atoms with Gasteiger partial charge in [0, 0.05) is 6.42 Å². The van der Waals surface area contributed by atoms with Crippen LogP contribution in [0.15, 0.2) is 18.2 Å². The summed E-state index contributed by atoms with van der Waals surface area (Å²) < 4.78 is 12.7. The molecule has 16 heavy (non-hydrogen) atoms. The number of anilines is 2.